The summed E-state index contributed by atoms with van der Waals surface area (Å²) >= 11 is 5.99. The molecule has 2 aromatic rings. The second-order valence-corrected chi connectivity index (χ2v) is 3.74. The highest BCUT2D eigenvalue weighted by Gasteiger charge is 2.09. The number of hydrogen-bond acceptors (Lipinski definition) is 5. The molecule has 0 bridgehead atoms. The van der Waals surface area contributed by atoms with Crippen LogP contribution in [0.4, 0.5) is 10.3 Å². The molecule has 14 heavy (non-hydrogen) atoms. The normalized spacial score (nSPS) is 10.4. The van der Waals surface area contributed by atoms with Crippen molar-refractivity contribution in [3.63, 3.8) is 0 Å². The number of H-pyrrole nitrogens is 1. The Balaban J connectivity index is 2.63. The summed E-state index contributed by atoms with van der Waals surface area (Å²) in [4.78, 5) is 10.6. The van der Waals surface area contributed by atoms with Gasteiger partial charge >= 0.3 is 0 Å². The van der Waals surface area contributed by atoms with Crippen molar-refractivity contribution in [2.45, 2.75) is 0 Å². The molecule has 7 heteroatoms. The summed E-state index contributed by atoms with van der Waals surface area (Å²) in [6.07, 6.45) is 0. The molecule has 72 valence electrons. The lowest BCUT2D eigenvalue weighted by Gasteiger charge is -1.98. The van der Waals surface area contributed by atoms with Gasteiger partial charge in [-0.15, -0.1) is 11.3 Å². The molecule has 0 saturated carbocycles. The number of aromatic amines is 1. The Morgan fingerprint density at radius 1 is 1.50 bits per heavy atom. The van der Waals surface area contributed by atoms with Gasteiger partial charge in [-0.1, -0.05) is 0 Å². The number of hydrogen-bond donors (Lipinski definition) is 2. The summed E-state index contributed by atoms with van der Waals surface area (Å²) in [7, 11) is 0. The molecular formula is C7H5FN4S2. The monoisotopic (exact) mass is 228 g/mol. The fourth-order valence-corrected chi connectivity index (χ4v) is 1.87. The average Bonchev–Trinajstić information content (AvgIpc) is 2.49. The van der Waals surface area contributed by atoms with Gasteiger partial charge in [-0.05, 0) is 23.7 Å². The van der Waals surface area contributed by atoms with E-state index in [4.69, 9.17) is 18.0 Å². The van der Waals surface area contributed by atoms with Crippen molar-refractivity contribution in [1.29, 1.82) is 0 Å². The topological polar surface area (TPSA) is 67.6 Å². The highest BCUT2D eigenvalue weighted by Crippen LogP contribution is 2.24. The van der Waals surface area contributed by atoms with Crippen molar-refractivity contribution in [2.75, 3.05) is 5.73 Å². The first-order valence-corrected chi connectivity index (χ1v) is 4.93. The number of nitrogens with zero attached hydrogens (tertiary/aromatic N) is 2. The van der Waals surface area contributed by atoms with Crippen molar-refractivity contribution in [3.8, 4) is 10.7 Å². The van der Waals surface area contributed by atoms with Crippen LogP contribution in [0.2, 0.25) is 0 Å². The second kappa shape index (κ2) is 3.43. The molecule has 0 unspecified atom stereocenters. The van der Waals surface area contributed by atoms with Gasteiger partial charge in [0.05, 0.1) is 0 Å². The number of thiophene rings is 1. The number of anilines is 1. The molecular weight excluding hydrogens is 223 g/mol. The molecule has 0 aliphatic heterocycles. The third kappa shape index (κ3) is 1.64. The van der Waals surface area contributed by atoms with Crippen LogP contribution in [0.5, 0.6) is 0 Å². The fraction of sp³-hybridized carbons (Fsp3) is 0. The van der Waals surface area contributed by atoms with Crippen LogP contribution in [0, 0.1) is 10.6 Å². The van der Waals surface area contributed by atoms with E-state index in [1.165, 1.54) is 17.4 Å². The third-order valence-corrected chi connectivity index (χ3v) is 2.58. The highest BCUT2D eigenvalue weighted by molar-refractivity contribution is 7.71. The summed E-state index contributed by atoms with van der Waals surface area (Å²) in [5, 5.41) is 1.62. The molecule has 0 amide bonds. The number of rotatable bonds is 1. The number of nitrogen functional groups attached to an aromatic ring is 1. The van der Waals surface area contributed by atoms with E-state index in [1.807, 2.05) is 0 Å². The van der Waals surface area contributed by atoms with Gasteiger partial charge in [-0.25, -0.2) is 4.39 Å². The standard InChI is InChI=1S/C7H5FN4S2/c8-3-1-2-14-4(3)5-10-6(9)12-7(13)11-5/h1-2H,(H3,9,10,11,12,13). The van der Waals surface area contributed by atoms with Crippen LogP contribution in [0.3, 0.4) is 0 Å². The largest absolute Gasteiger partial charge is 0.369 e. The Morgan fingerprint density at radius 2 is 2.29 bits per heavy atom. The highest BCUT2D eigenvalue weighted by atomic mass is 32.1. The summed E-state index contributed by atoms with van der Waals surface area (Å²) in [6.45, 7) is 0. The molecule has 0 radical (unpaired) electrons. The fourth-order valence-electron chi connectivity index (χ4n) is 0.971. The smallest absolute Gasteiger partial charge is 0.224 e. The van der Waals surface area contributed by atoms with Crippen molar-refractivity contribution >= 4 is 29.5 Å². The Kier molecular flexibility index (Phi) is 2.26. The maximum absolute atomic E-state index is 13.2. The van der Waals surface area contributed by atoms with E-state index in [9.17, 15) is 4.39 Å². The minimum atomic E-state index is -0.348. The van der Waals surface area contributed by atoms with Crippen LogP contribution in [-0.2, 0) is 0 Å². The number of nitrogens with one attached hydrogen (secondary N) is 1. The zero-order valence-electron chi connectivity index (χ0n) is 6.82. The molecule has 0 atom stereocenters. The van der Waals surface area contributed by atoms with Crippen LogP contribution in [0.15, 0.2) is 11.4 Å². The SMILES string of the molecule is Nc1nc(=S)nc(-c2sccc2F)[nH]1. The van der Waals surface area contributed by atoms with E-state index >= 15 is 0 Å². The van der Waals surface area contributed by atoms with Crippen molar-refractivity contribution in [2.24, 2.45) is 0 Å². The predicted octanol–water partition coefficient (Wildman–Crippen LogP) is 1.98. The molecule has 0 fully saturated rings. The first kappa shape index (κ1) is 9.22. The molecule has 0 aliphatic rings. The van der Waals surface area contributed by atoms with Crippen LogP contribution < -0.4 is 5.73 Å². The van der Waals surface area contributed by atoms with Gasteiger partial charge in [-0.3, -0.25) is 0 Å². The Hall–Kier alpha value is -1.34. The number of aromatic nitrogens is 3. The van der Waals surface area contributed by atoms with E-state index in [1.54, 1.807) is 5.38 Å². The molecule has 4 nitrogen and oxygen atoms in total. The molecule has 2 rings (SSSR count). The van der Waals surface area contributed by atoms with Gasteiger partial charge in [0.2, 0.25) is 10.7 Å². The van der Waals surface area contributed by atoms with E-state index in [-0.39, 0.29) is 16.5 Å². The minimum Gasteiger partial charge on any atom is -0.369 e. The summed E-state index contributed by atoms with van der Waals surface area (Å²) in [5.74, 6) is 0.0987. The summed E-state index contributed by atoms with van der Waals surface area (Å²) < 4.78 is 13.3. The van der Waals surface area contributed by atoms with Crippen molar-refractivity contribution in [1.82, 2.24) is 15.0 Å². The van der Waals surface area contributed by atoms with E-state index < -0.39 is 0 Å². The van der Waals surface area contributed by atoms with E-state index in [0.717, 1.165) is 0 Å². The summed E-state index contributed by atoms with van der Waals surface area (Å²) in [5.41, 5.74) is 5.42. The van der Waals surface area contributed by atoms with Gasteiger partial charge in [-0.2, -0.15) is 9.97 Å². The maximum Gasteiger partial charge on any atom is 0.224 e. The zero-order valence-corrected chi connectivity index (χ0v) is 8.45. The molecule has 3 N–H and O–H groups in total. The lowest BCUT2D eigenvalue weighted by atomic mass is 10.4. The molecule has 2 heterocycles. The van der Waals surface area contributed by atoms with Crippen LogP contribution in [0.25, 0.3) is 10.7 Å². The first-order chi connectivity index (χ1) is 6.66. The Morgan fingerprint density at radius 3 is 2.86 bits per heavy atom. The Bertz CT molecular complexity index is 518. The summed E-state index contributed by atoms with van der Waals surface area (Å²) in [6, 6.07) is 1.36. The lowest BCUT2D eigenvalue weighted by Crippen LogP contribution is -1.99. The zero-order chi connectivity index (χ0) is 10.1. The number of halogens is 1. The lowest BCUT2D eigenvalue weighted by molar-refractivity contribution is 0.635. The minimum absolute atomic E-state index is 0.101. The van der Waals surface area contributed by atoms with Gasteiger partial charge in [0.1, 0.15) is 10.7 Å². The molecule has 2 aromatic heterocycles. The van der Waals surface area contributed by atoms with Crippen LogP contribution in [0.1, 0.15) is 0 Å². The van der Waals surface area contributed by atoms with E-state index in [2.05, 4.69) is 15.0 Å². The predicted molar refractivity (Wildman–Crippen MR) is 54.9 cm³/mol. The van der Waals surface area contributed by atoms with Gasteiger partial charge < -0.3 is 10.7 Å². The van der Waals surface area contributed by atoms with Crippen molar-refractivity contribution in [3.05, 3.63) is 22.0 Å². The number of nitrogens with two attached hydrogens (primary N) is 1. The molecule has 0 spiro atoms. The molecule has 0 saturated heterocycles. The van der Waals surface area contributed by atoms with Crippen LogP contribution in [-0.4, -0.2) is 15.0 Å². The quantitative estimate of drug-likeness (QED) is 0.732. The van der Waals surface area contributed by atoms with E-state index in [0.29, 0.717) is 10.7 Å². The maximum atomic E-state index is 13.2. The molecule has 0 aliphatic carbocycles. The average molecular weight is 228 g/mol. The molecule has 0 aromatic carbocycles. The van der Waals surface area contributed by atoms with Gasteiger partial charge in [0.15, 0.2) is 5.82 Å². The Labute approximate surface area is 87.7 Å². The second-order valence-electron chi connectivity index (χ2n) is 2.46. The third-order valence-electron chi connectivity index (χ3n) is 1.50. The van der Waals surface area contributed by atoms with Gasteiger partial charge in [0, 0.05) is 0 Å². The first-order valence-electron chi connectivity index (χ1n) is 3.64. The van der Waals surface area contributed by atoms with Crippen LogP contribution >= 0.6 is 23.6 Å². The van der Waals surface area contributed by atoms with Crippen molar-refractivity contribution < 1.29 is 4.39 Å². The van der Waals surface area contributed by atoms with Gasteiger partial charge in [0.25, 0.3) is 0 Å².